The predicted octanol–water partition coefficient (Wildman–Crippen LogP) is 2.35. The molecule has 0 bridgehead atoms. The molecule has 1 aliphatic carbocycles. The summed E-state index contributed by atoms with van der Waals surface area (Å²) in [4.78, 5) is 12.0. The molecule has 1 aromatic carbocycles. The average molecular weight is 263 g/mol. The number of rotatable bonds is 5. The summed E-state index contributed by atoms with van der Waals surface area (Å²) in [6, 6.07) is 5.58. The lowest BCUT2D eigenvalue weighted by Gasteiger charge is -2.10. The molecule has 1 atom stereocenters. The number of carbonyl (C=O) groups is 1. The zero-order valence-electron chi connectivity index (χ0n) is 11.7. The maximum Gasteiger partial charge on any atom is 0.228 e. The lowest BCUT2D eigenvalue weighted by Crippen LogP contribution is -2.16. The number of aliphatic hydroxyl groups is 1. The molecule has 0 aliphatic heterocycles. The van der Waals surface area contributed by atoms with Gasteiger partial charge in [-0.3, -0.25) is 4.79 Å². The first-order valence-electron chi connectivity index (χ1n) is 6.58. The molecule has 0 radical (unpaired) electrons. The zero-order valence-corrected chi connectivity index (χ0v) is 11.7. The van der Waals surface area contributed by atoms with Crippen molar-refractivity contribution >= 4 is 11.6 Å². The van der Waals surface area contributed by atoms with Crippen molar-refractivity contribution in [1.29, 1.82) is 0 Å². The van der Waals surface area contributed by atoms with Crippen LogP contribution in [-0.4, -0.2) is 24.2 Å². The minimum absolute atomic E-state index is 0.0219. The largest absolute Gasteiger partial charge is 0.491 e. The molecule has 1 unspecified atom stereocenters. The number of amides is 1. The molecule has 1 aromatic rings. The van der Waals surface area contributed by atoms with E-state index in [9.17, 15) is 4.79 Å². The van der Waals surface area contributed by atoms with Crippen LogP contribution in [0.4, 0.5) is 5.69 Å². The highest BCUT2D eigenvalue weighted by Gasteiger charge is 2.50. The number of hydrogen-bond donors (Lipinski definition) is 2. The summed E-state index contributed by atoms with van der Waals surface area (Å²) >= 11 is 0. The number of anilines is 1. The van der Waals surface area contributed by atoms with Crippen LogP contribution in [0.5, 0.6) is 5.75 Å². The monoisotopic (exact) mass is 263 g/mol. The Hall–Kier alpha value is -1.55. The predicted molar refractivity (Wildman–Crippen MR) is 74.3 cm³/mol. The van der Waals surface area contributed by atoms with E-state index in [0.717, 1.165) is 17.7 Å². The van der Waals surface area contributed by atoms with Gasteiger partial charge < -0.3 is 15.2 Å². The van der Waals surface area contributed by atoms with Crippen LogP contribution >= 0.6 is 0 Å². The van der Waals surface area contributed by atoms with Crippen molar-refractivity contribution < 1.29 is 14.6 Å². The van der Waals surface area contributed by atoms with Crippen LogP contribution in [0.1, 0.15) is 25.8 Å². The molecular weight excluding hydrogens is 242 g/mol. The van der Waals surface area contributed by atoms with Gasteiger partial charge in [-0.2, -0.15) is 0 Å². The van der Waals surface area contributed by atoms with Gasteiger partial charge in [0, 0.05) is 17.7 Å². The van der Waals surface area contributed by atoms with Crippen LogP contribution in [0.15, 0.2) is 18.2 Å². The van der Waals surface area contributed by atoms with E-state index in [-0.39, 0.29) is 30.5 Å². The second kappa shape index (κ2) is 5.21. The molecule has 4 heteroatoms. The number of hydrogen-bond acceptors (Lipinski definition) is 3. The molecule has 1 amide bonds. The fraction of sp³-hybridized carbons (Fsp3) is 0.533. The number of benzene rings is 1. The molecule has 19 heavy (non-hydrogen) atoms. The van der Waals surface area contributed by atoms with Crippen molar-refractivity contribution in [1.82, 2.24) is 0 Å². The van der Waals surface area contributed by atoms with Crippen LogP contribution in [0.25, 0.3) is 0 Å². The minimum atomic E-state index is -0.0219. The summed E-state index contributed by atoms with van der Waals surface area (Å²) in [5, 5.41) is 11.7. The summed E-state index contributed by atoms with van der Waals surface area (Å²) in [6.07, 6.45) is 0.943. The Morgan fingerprint density at radius 2 is 2.16 bits per heavy atom. The molecule has 1 saturated carbocycles. The second-order valence-electron chi connectivity index (χ2n) is 5.84. The fourth-order valence-electron chi connectivity index (χ4n) is 2.21. The van der Waals surface area contributed by atoms with Gasteiger partial charge in [0.05, 0.1) is 6.61 Å². The Balaban J connectivity index is 2.03. The molecule has 0 spiro atoms. The molecule has 0 aromatic heterocycles. The molecular formula is C15H21NO3. The van der Waals surface area contributed by atoms with E-state index >= 15 is 0 Å². The molecule has 2 rings (SSSR count). The minimum Gasteiger partial charge on any atom is -0.491 e. The van der Waals surface area contributed by atoms with E-state index in [1.165, 1.54) is 0 Å². The van der Waals surface area contributed by atoms with E-state index in [4.69, 9.17) is 9.84 Å². The normalized spacial score (nSPS) is 19.9. The number of aliphatic hydroxyl groups excluding tert-OH is 1. The first kappa shape index (κ1) is 13.9. The Kier molecular flexibility index (Phi) is 3.80. The molecule has 104 valence electrons. The van der Waals surface area contributed by atoms with Crippen LogP contribution in [0, 0.1) is 18.3 Å². The van der Waals surface area contributed by atoms with Crippen molar-refractivity contribution in [2.24, 2.45) is 11.3 Å². The van der Waals surface area contributed by atoms with Gasteiger partial charge >= 0.3 is 0 Å². The van der Waals surface area contributed by atoms with Gasteiger partial charge in [0.1, 0.15) is 12.4 Å². The van der Waals surface area contributed by atoms with Crippen LogP contribution in [0.3, 0.4) is 0 Å². The average Bonchev–Trinajstić information content (AvgIpc) is 2.95. The number of ether oxygens (including phenoxy) is 1. The standard InChI is InChI=1S/C15H21NO3/c1-10-6-11(8-12(7-10)19-5-4-17)16-14(18)13-9-15(13,2)3/h6-8,13,17H,4-5,9H2,1-3H3,(H,16,18). The highest BCUT2D eigenvalue weighted by molar-refractivity contribution is 5.95. The van der Waals surface area contributed by atoms with Crippen molar-refractivity contribution in [3.8, 4) is 5.75 Å². The van der Waals surface area contributed by atoms with Gasteiger partial charge in [-0.15, -0.1) is 0 Å². The lowest BCUT2D eigenvalue weighted by molar-refractivity contribution is -0.117. The van der Waals surface area contributed by atoms with E-state index < -0.39 is 0 Å². The molecule has 0 heterocycles. The van der Waals surface area contributed by atoms with Crippen LogP contribution < -0.4 is 10.1 Å². The van der Waals surface area contributed by atoms with Gasteiger partial charge in [-0.05, 0) is 36.5 Å². The van der Waals surface area contributed by atoms with Crippen molar-refractivity contribution in [3.63, 3.8) is 0 Å². The third-order valence-electron chi connectivity index (χ3n) is 3.51. The number of aryl methyl sites for hydroxylation is 1. The van der Waals surface area contributed by atoms with Crippen LogP contribution in [-0.2, 0) is 4.79 Å². The van der Waals surface area contributed by atoms with E-state index in [0.29, 0.717) is 5.75 Å². The Morgan fingerprint density at radius 1 is 1.47 bits per heavy atom. The van der Waals surface area contributed by atoms with E-state index in [1.54, 1.807) is 6.07 Å². The molecule has 1 fully saturated rings. The summed E-state index contributed by atoms with van der Waals surface area (Å²) in [5.74, 6) is 0.845. The smallest absolute Gasteiger partial charge is 0.228 e. The molecule has 2 N–H and O–H groups in total. The van der Waals surface area contributed by atoms with Gasteiger partial charge in [0.25, 0.3) is 0 Å². The highest BCUT2D eigenvalue weighted by atomic mass is 16.5. The topological polar surface area (TPSA) is 58.6 Å². The van der Waals surface area contributed by atoms with E-state index in [1.807, 2.05) is 19.1 Å². The summed E-state index contributed by atoms with van der Waals surface area (Å²) in [5.41, 5.74) is 1.89. The van der Waals surface area contributed by atoms with Gasteiger partial charge in [-0.1, -0.05) is 13.8 Å². The maximum atomic E-state index is 12.0. The SMILES string of the molecule is Cc1cc(NC(=O)C2CC2(C)C)cc(OCCO)c1. The third kappa shape index (κ3) is 3.47. The summed E-state index contributed by atoms with van der Waals surface area (Å²) < 4.78 is 5.37. The van der Waals surface area contributed by atoms with Gasteiger partial charge in [0.2, 0.25) is 5.91 Å². The molecule has 0 saturated heterocycles. The lowest BCUT2D eigenvalue weighted by atomic mass is 10.1. The number of carbonyl (C=O) groups excluding carboxylic acids is 1. The Bertz CT molecular complexity index is 482. The second-order valence-corrected chi connectivity index (χ2v) is 5.84. The highest BCUT2D eigenvalue weighted by Crippen LogP contribution is 2.52. The first-order chi connectivity index (χ1) is 8.92. The van der Waals surface area contributed by atoms with Crippen molar-refractivity contribution in [2.45, 2.75) is 27.2 Å². The van der Waals surface area contributed by atoms with Crippen LogP contribution in [0.2, 0.25) is 0 Å². The quantitative estimate of drug-likeness (QED) is 0.857. The molecule has 1 aliphatic rings. The summed E-state index contributed by atoms with van der Waals surface area (Å²) in [6.45, 7) is 6.38. The van der Waals surface area contributed by atoms with E-state index in [2.05, 4.69) is 19.2 Å². The van der Waals surface area contributed by atoms with Crippen molar-refractivity contribution in [2.75, 3.05) is 18.5 Å². The van der Waals surface area contributed by atoms with Gasteiger partial charge in [0.15, 0.2) is 0 Å². The van der Waals surface area contributed by atoms with Gasteiger partial charge in [-0.25, -0.2) is 0 Å². The Morgan fingerprint density at radius 3 is 2.74 bits per heavy atom. The Labute approximate surface area is 113 Å². The van der Waals surface area contributed by atoms with Crippen molar-refractivity contribution in [3.05, 3.63) is 23.8 Å². The fourth-order valence-corrected chi connectivity index (χ4v) is 2.21. The molecule has 4 nitrogen and oxygen atoms in total. The maximum absolute atomic E-state index is 12.0. The third-order valence-corrected chi connectivity index (χ3v) is 3.51. The number of nitrogens with one attached hydrogen (secondary N) is 1. The first-order valence-corrected chi connectivity index (χ1v) is 6.58. The zero-order chi connectivity index (χ0) is 14.0. The summed E-state index contributed by atoms with van der Waals surface area (Å²) in [7, 11) is 0.